The van der Waals surface area contributed by atoms with Gasteiger partial charge < -0.3 is 6.15 Å². The van der Waals surface area contributed by atoms with Crippen LogP contribution in [-0.4, -0.2) is 14.2 Å². The first kappa shape index (κ1) is 12.5. The van der Waals surface area contributed by atoms with Gasteiger partial charge in [0, 0.05) is 0 Å². The lowest BCUT2D eigenvalue weighted by atomic mass is 10.4. The average Bonchev–Trinajstić information content (AvgIpc) is 1.84. The van der Waals surface area contributed by atoms with E-state index >= 15 is 0 Å². The van der Waals surface area contributed by atoms with E-state index in [1.54, 1.807) is 0 Å². The van der Waals surface area contributed by atoms with E-state index in [4.69, 9.17) is 0 Å². The van der Waals surface area contributed by atoms with Gasteiger partial charge in [-0.2, -0.15) is 8.42 Å². The number of unbranched alkanes of at least 4 members (excludes halogenated alkanes) is 1. The molecule has 0 aromatic carbocycles. The second-order valence-corrected chi connectivity index (χ2v) is 3.33. The third-order valence-corrected chi connectivity index (χ3v) is 1.82. The van der Waals surface area contributed by atoms with Gasteiger partial charge in [-0.05, 0) is 10.9 Å². The summed E-state index contributed by atoms with van der Waals surface area (Å²) in [6, 6.07) is 0. The summed E-state index contributed by atoms with van der Waals surface area (Å²) in [5, 5.41) is 0. The van der Waals surface area contributed by atoms with Gasteiger partial charge in [0.2, 0.25) is 0 Å². The van der Waals surface area contributed by atoms with E-state index in [2.05, 4.69) is 4.39 Å². The normalized spacial score (nSPS) is 10.6. The van der Waals surface area contributed by atoms with Crippen molar-refractivity contribution in [3.63, 3.8) is 0 Å². The molecule has 0 aromatic heterocycles. The summed E-state index contributed by atoms with van der Waals surface area (Å²) >= 11 is 0. The Bertz CT molecular complexity index is 156. The van der Waals surface area contributed by atoms with Crippen LogP contribution in [-0.2, 0) is 14.5 Å². The number of hydrogen-bond acceptors (Lipinski definition) is 4. The molecule has 64 valence electrons. The van der Waals surface area contributed by atoms with Gasteiger partial charge in [-0.3, -0.25) is 0 Å². The van der Waals surface area contributed by atoms with E-state index in [0.717, 1.165) is 0 Å². The van der Waals surface area contributed by atoms with Gasteiger partial charge in [0.1, 0.15) is 0 Å². The van der Waals surface area contributed by atoms with E-state index < -0.39 is 10.1 Å². The zero-order chi connectivity index (χ0) is 7.33. The molecule has 0 fully saturated rings. The molecular formula is C4H12FNO3S. The van der Waals surface area contributed by atoms with Crippen molar-refractivity contribution in [1.82, 2.24) is 6.15 Å². The molecule has 0 radical (unpaired) electrons. The van der Waals surface area contributed by atoms with E-state index in [-0.39, 0.29) is 11.9 Å². The third-order valence-electron chi connectivity index (χ3n) is 0.844. The fourth-order valence-electron chi connectivity index (χ4n) is 0.353. The van der Waals surface area contributed by atoms with E-state index in [1.165, 1.54) is 0 Å². The Hall–Kier alpha value is -0.200. The Kier molecular flexibility index (Phi) is 6.95. The Morgan fingerprint density at radius 1 is 1.50 bits per heavy atom. The highest BCUT2D eigenvalue weighted by Gasteiger charge is 2.08. The molecule has 3 N–H and O–H groups in total. The molecule has 4 nitrogen and oxygen atoms in total. The molecule has 0 unspecified atom stereocenters. The molecule has 0 rings (SSSR count). The predicted octanol–water partition coefficient (Wildman–Crippen LogP) is 1.18. The minimum atomic E-state index is -3.85. The zero-order valence-electron chi connectivity index (χ0n) is 5.84. The van der Waals surface area contributed by atoms with E-state index in [0.29, 0.717) is 12.8 Å². The zero-order valence-corrected chi connectivity index (χ0v) is 6.66. The quantitative estimate of drug-likeness (QED) is 0.692. The molecule has 0 saturated heterocycles. The maximum Gasteiger partial charge on any atom is 0.297 e. The molecule has 0 aliphatic carbocycles. The standard InChI is InChI=1S/C4H9FO3S.H3N/c1-2-3-4-9(6,7)8-5;/h2-4H2,1H3;1H3. The Morgan fingerprint density at radius 2 is 2.00 bits per heavy atom. The van der Waals surface area contributed by atoms with Crippen molar-refractivity contribution in [3.05, 3.63) is 0 Å². The summed E-state index contributed by atoms with van der Waals surface area (Å²) in [5.74, 6) is -0.236. The van der Waals surface area contributed by atoms with Crippen LogP contribution in [0.1, 0.15) is 19.8 Å². The lowest BCUT2D eigenvalue weighted by Gasteiger charge is -1.92. The molecule has 0 saturated carbocycles. The van der Waals surface area contributed by atoms with Crippen LogP contribution in [0.15, 0.2) is 0 Å². The molecule has 0 aliphatic heterocycles. The van der Waals surface area contributed by atoms with E-state index in [1.807, 2.05) is 6.92 Å². The van der Waals surface area contributed by atoms with Crippen LogP contribution in [0.5, 0.6) is 0 Å². The fraction of sp³-hybridized carbons (Fsp3) is 1.00. The first-order chi connectivity index (χ1) is 4.12. The highest BCUT2D eigenvalue weighted by atomic mass is 32.2. The van der Waals surface area contributed by atoms with Crippen molar-refractivity contribution in [2.75, 3.05) is 5.75 Å². The number of halogens is 1. The second kappa shape index (κ2) is 5.57. The van der Waals surface area contributed by atoms with Crippen molar-refractivity contribution < 1.29 is 17.3 Å². The third kappa shape index (κ3) is 5.93. The molecule has 0 heterocycles. The summed E-state index contributed by atoms with van der Waals surface area (Å²) in [6.07, 6.45) is 1.15. The lowest BCUT2D eigenvalue weighted by Crippen LogP contribution is -2.04. The summed E-state index contributed by atoms with van der Waals surface area (Å²) in [4.78, 5) is 0. The monoisotopic (exact) mass is 173 g/mol. The Morgan fingerprint density at radius 3 is 2.30 bits per heavy atom. The van der Waals surface area contributed by atoms with Crippen molar-refractivity contribution in [3.8, 4) is 0 Å². The molecule has 0 bridgehead atoms. The maximum atomic E-state index is 11.0. The van der Waals surface area contributed by atoms with Gasteiger partial charge in [0.15, 0.2) is 0 Å². The van der Waals surface area contributed by atoms with Crippen LogP contribution < -0.4 is 6.15 Å². The highest BCUT2D eigenvalue weighted by Crippen LogP contribution is 1.98. The van der Waals surface area contributed by atoms with Gasteiger partial charge in [0.25, 0.3) is 10.1 Å². The smallest absolute Gasteiger partial charge is 0.297 e. The summed E-state index contributed by atoms with van der Waals surface area (Å²) in [5.41, 5.74) is 0. The van der Waals surface area contributed by atoms with Gasteiger partial charge in [-0.15, -0.1) is 0 Å². The minimum Gasteiger partial charge on any atom is -0.344 e. The van der Waals surface area contributed by atoms with Crippen molar-refractivity contribution in [2.24, 2.45) is 0 Å². The van der Waals surface area contributed by atoms with Crippen molar-refractivity contribution >= 4 is 10.1 Å². The van der Waals surface area contributed by atoms with Crippen molar-refractivity contribution in [2.45, 2.75) is 19.8 Å². The molecule has 0 atom stereocenters. The Labute approximate surface area is 60.0 Å². The van der Waals surface area contributed by atoms with Crippen molar-refractivity contribution in [1.29, 1.82) is 0 Å². The van der Waals surface area contributed by atoms with Crippen LogP contribution in [0.2, 0.25) is 0 Å². The fourth-order valence-corrected chi connectivity index (χ4v) is 1.06. The predicted molar refractivity (Wildman–Crippen MR) is 35.9 cm³/mol. The van der Waals surface area contributed by atoms with Crippen LogP contribution in [0.3, 0.4) is 0 Å². The average molecular weight is 173 g/mol. The molecule has 0 aromatic rings. The molecule has 6 heteroatoms. The molecule has 0 amide bonds. The summed E-state index contributed by atoms with van der Waals surface area (Å²) in [6.45, 7) is 1.81. The van der Waals surface area contributed by atoms with Gasteiger partial charge in [0.05, 0.1) is 5.75 Å². The lowest BCUT2D eigenvalue weighted by molar-refractivity contribution is 0.00290. The maximum absolute atomic E-state index is 11.0. The summed E-state index contributed by atoms with van der Waals surface area (Å²) < 4.78 is 34.0. The number of rotatable bonds is 4. The van der Waals surface area contributed by atoms with Crippen LogP contribution in [0, 0.1) is 0 Å². The summed E-state index contributed by atoms with van der Waals surface area (Å²) in [7, 11) is -3.85. The molecule has 0 spiro atoms. The van der Waals surface area contributed by atoms with Crippen LogP contribution in [0.25, 0.3) is 0 Å². The minimum absolute atomic E-state index is 0. The van der Waals surface area contributed by atoms with Crippen LogP contribution >= 0.6 is 0 Å². The van der Waals surface area contributed by atoms with E-state index in [9.17, 15) is 12.9 Å². The van der Waals surface area contributed by atoms with Gasteiger partial charge in [-0.25, -0.2) is 0 Å². The molecule has 0 aliphatic rings. The van der Waals surface area contributed by atoms with Gasteiger partial charge >= 0.3 is 0 Å². The number of hydrogen-bond donors (Lipinski definition) is 1. The van der Waals surface area contributed by atoms with Crippen LogP contribution in [0.4, 0.5) is 4.53 Å². The van der Waals surface area contributed by atoms with Gasteiger partial charge in [-0.1, -0.05) is 17.7 Å². The first-order valence-corrected chi connectivity index (χ1v) is 4.23. The highest BCUT2D eigenvalue weighted by molar-refractivity contribution is 7.86. The Balaban J connectivity index is 0. The SMILES string of the molecule is CCCCS(=O)(=O)OF.N. The topological polar surface area (TPSA) is 78.4 Å². The molecular weight excluding hydrogens is 161 g/mol. The molecule has 10 heavy (non-hydrogen) atoms. The largest absolute Gasteiger partial charge is 0.344 e. The first-order valence-electron chi connectivity index (χ1n) is 2.65. The second-order valence-electron chi connectivity index (χ2n) is 1.68.